The van der Waals surface area contributed by atoms with E-state index in [1.807, 2.05) is 13.0 Å². The first-order chi connectivity index (χ1) is 11.9. The minimum Gasteiger partial charge on any atom is -0.350 e. The Morgan fingerprint density at radius 2 is 2.08 bits per heavy atom. The summed E-state index contributed by atoms with van der Waals surface area (Å²) in [5, 5.41) is 6.99. The average Bonchev–Trinajstić information content (AvgIpc) is 2.91. The van der Waals surface area contributed by atoms with Gasteiger partial charge < -0.3 is 10.3 Å². The fraction of sp³-hybridized carbons (Fsp3) is 0.312. The third-order valence-electron chi connectivity index (χ3n) is 3.99. The molecule has 130 valence electrons. The lowest BCUT2D eigenvalue weighted by Gasteiger charge is -2.09. The fourth-order valence-electron chi connectivity index (χ4n) is 2.68. The number of H-pyrrole nitrogens is 1. The van der Waals surface area contributed by atoms with Crippen LogP contribution in [0, 0.1) is 13.8 Å². The SMILES string of the molecule is Cc1cc(C)c(CNC(=O)Cn2cnc3c(cnn3C)c2=O)c(=O)[nH]1. The molecule has 2 N–H and O–H groups in total. The molecule has 0 saturated heterocycles. The molecule has 0 aliphatic rings. The number of carbonyl (C=O) groups is 1. The van der Waals surface area contributed by atoms with Crippen molar-refractivity contribution in [3.05, 3.63) is 56.1 Å². The van der Waals surface area contributed by atoms with E-state index in [1.165, 1.54) is 21.8 Å². The summed E-state index contributed by atoms with van der Waals surface area (Å²) in [5.74, 6) is -0.383. The molecule has 0 spiro atoms. The molecule has 0 saturated carbocycles. The molecule has 9 heteroatoms. The first-order valence-electron chi connectivity index (χ1n) is 7.70. The molecule has 1 amide bonds. The molecule has 25 heavy (non-hydrogen) atoms. The Labute approximate surface area is 142 Å². The number of pyridine rings is 1. The topological polar surface area (TPSA) is 115 Å². The van der Waals surface area contributed by atoms with Crippen molar-refractivity contribution in [1.82, 2.24) is 29.6 Å². The van der Waals surface area contributed by atoms with Gasteiger partial charge in [-0.1, -0.05) is 0 Å². The van der Waals surface area contributed by atoms with Crippen LogP contribution in [-0.4, -0.2) is 30.2 Å². The van der Waals surface area contributed by atoms with Crippen LogP contribution < -0.4 is 16.4 Å². The summed E-state index contributed by atoms with van der Waals surface area (Å²) in [5.41, 5.74) is 1.96. The Kier molecular flexibility index (Phi) is 4.22. The standard InChI is InChI=1S/C16H18N6O3/c1-9-4-10(2)20-15(24)11(9)5-17-13(23)7-22-8-18-14-12(16(22)25)6-19-21(14)3/h4,6,8H,5,7H2,1-3H3,(H,17,23)(H,20,24). The van der Waals surface area contributed by atoms with Gasteiger partial charge in [-0.15, -0.1) is 0 Å². The summed E-state index contributed by atoms with van der Waals surface area (Å²) < 4.78 is 2.71. The van der Waals surface area contributed by atoms with Crippen LogP contribution in [0.2, 0.25) is 0 Å². The molecular formula is C16H18N6O3. The molecule has 0 aliphatic carbocycles. The van der Waals surface area contributed by atoms with Crippen LogP contribution in [0.4, 0.5) is 0 Å². The second-order valence-corrected chi connectivity index (χ2v) is 5.90. The van der Waals surface area contributed by atoms with Gasteiger partial charge in [0.1, 0.15) is 18.3 Å². The van der Waals surface area contributed by atoms with Gasteiger partial charge in [0.05, 0.1) is 6.20 Å². The molecule has 0 aliphatic heterocycles. The molecule has 3 aromatic heterocycles. The number of aromatic nitrogens is 5. The zero-order valence-electron chi connectivity index (χ0n) is 14.2. The Morgan fingerprint density at radius 3 is 2.80 bits per heavy atom. The molecule has 0 unspecified atom stereocenters. The lowest BCUT2D eigenvalue weighted by Crippen LogP contribution is -2.33. The third-order valence-corrected chi connectivity index (χ3v) is 3.99. The number of amides is 1. The van der Waals surface area contributed by atoms with Crippen LogP contribution in [0.25, 0.3) is 11.0 Å². The highest BCUT2D eigenvalue weighted by molar-refractivity contribution is 5.77. The van der Waals surface area contributed by atoms with Crippen molar-refractivity contribution < 1.29 is 4.79 Å². The number of hydrogen-bond acceptors (Lipinski definition) is 5. The molecule has 0 radical (unpaired) electrons. The zero-order valence-corrected chi connectivity index (χ0v) is 14.2. The van der Waals surface area contributed by atoms with Gasteiger partial charge in [0.2, 0.25) is 5.91 Å². The van der Waals surface area contributed by atoms with Crippen LogP contribution in [0.15, 0.2) is 28.2 Å². The molecule has 0 aromatic carbocycles. The Balaban J connectivity index is 1.75. The van der Waals surface area contributed by atoms with Crippen LogP contribution in [-0.2, 0) is 24.9 Å². The predicted octanol–water partition coefficient (Wildman–Crippen LogP) is -0.248. The monoisotopic (exact) mass is 342 g/mol. The van der Waals surface area contributed by atoms with E-state index in [2.05, 4.69) is 20.4 Å². The number of rotatable bonds is 4. The first-order valence-corrected chi connectivity index (χ1v) is 7.70. The fourth-order valence-corrected chi connectivity index (χ4v) is 2.68. The van der Waals surface area contributed by atoms with Crippen LogP contribution >= 0.6 is 0 Å². The van der Waals surface area contributed by atoms with Crippen molar-refractivity contribution in [2.45, 2.75) is 26.9 Å². The maximum Gasteiger partial charge on any atom is 0.264 e. The lowest BCUT2D eigenvalue weighted by molar-refractivity contribution is -0.121. The minimum absolute atomic E-state index is 0.0948. The van der Waals surface area contributed by atoms with Crippen molar-refractivity contribution in [3.63, 3.8) is 0 Å². The highest BCUT2D eigenvalue weighted by Gasteiger charge is 2.12. The Hall–Kier alpha value is -3.23. The van der Waals surface area contributed by atoms with Gasteiger partial charge in [0, 0.05) is 24.8 Å². The van der Waals surface area contributed by atoms with E-state index < -0.39 is 0 Å². The molecule has 9 nitrogen and oxygen atoms in total. The van der Waals surface area contributed by atoms with Crippen LogP contribution in [0.1, 0.15) is 16.8 Å². The van der Waals surface area contributed by atoms with Crippen molar-refractivity contribution in [2.75, 3.05) is 0 Å². The van der Waals surface area contributed by atoms with E-state index in [0.717, 1.165) is 11.3 Å². The Bertz CT molecular complexity index is 1080. The third kappa shape index (κ3) is 3.21. The quantitative estimate of drug-likeness (QED) is 0.679. The van der Waals surface area contributed by atoms with Gasteiger partial charge in [-0.3, -0.25) is 23.6 Å². The van der Waals surface area contributed by atoms with E-state index >= 15 is 0 Å². The van der Waals surface area contributed by atoms with Gasteiger partial charge in [0.25, 0.3) is 11.1 Å². The number of hydrogen-bond donors (Lipinski definition) is 2. The van der Waals surface area contributed by atoms with Gasteiger partial charge in [-0.2, -0.15) is 5.10 Å². The summed E-state index contributed by atoms with van der Waals surface area (Å²) in [6, 6.07) is 1.84. The smallest absolute Gasteiger partial charge is 0.264 e. The van der Waals surface area contributed by atoms with Crippen LogP contribution in [0.3, 0.4) is 0 Å². The molecule has 0 bridgehead atoms. The predicted molar refractivity (Wildman–Crippen MR) is 91.2 cm³/mol. The van der Waals surface area contributed by atoms with Gasteiger partial charge in [0.15, 0.2) is 5.65 Å². The number of nitrogens with zero attached hydrogens (tertiary/aromatic N) is 4. The molecule has 3 heterocycles. The number of aromatic amines is 1. The van der Waals surface area contributed by atoms with E-state index in [9.17, 15) is 14.4 Å². The van der Waals surface area contributed by atoms with Crippen LogP contribution in [0.5, 0.6) is 0 Å². The van der Waals surface area contributed by atoms with Crippen molar-refractivity contribution >= 4 is 16.9 Å². The highest BCUT2D eigenvalue weighted by atomic mass is 16.2. The number of carbonyl (C=O) groups excluding carboxylic acids is 1. The molecule has 3 rings (SSSR count). The molecule has 0 fully saturated rings. The summed E-state index contributed by atoms with van der Waals surface area (Å²) in [6.07, 6.45) is 2.74. The van der Waals surface area contributed by atoms with E-state index in [4.69, 9.17) is 0 Å². The van der Waals surface area contributed by atoms with Crippen molar-refractivity contribution in [3.8, 4) is 0 Å². The van der Waals surface area contributed by atoms with E-state index in [1.54, 1.807) is 14.0 Å². The lowest BCUT2D eigenvalue weighted by atomic mass is 10.1. The maximum absolute atomic E-state index is 12.3. The minimum atomic E-state index is -0.383. The number of fused-ring (bicyclic) bond motifs is 1. The van der Waals surface area contributed by atoms with E-state index in [0.29, 0.717) is 16.6 Å². The summed E-state index contributed by atoms with van der Waals surface area (Å²) >= 11 is 0. The average molecular weight is 342 g/mol. The molecular weight excluding hydrogens is 324 g/mol. The second-order valence-electron chi connectivity index (χ2n) is 5.90. The van der Waals surface area contributed by atoms with Gasteiger partial charge in [-0.05, 0) is 25.5 Å². The number of nitrogens with one attached hydrogen (secondary N) is 2. The first kappa shape index (κ1) is 16.6. The number of aryl methyl sites for hydroxylation is 3. The molecule has 3 aromatic rings. The zero-order chi connectivity index (χ0) is 18.1. The molecule has 0 atom stereocenters. The van der Waals surface area contributed by atoms with Gasteiger partial charge >= 0.3 is 0 Å². The summed E-state index contributed by atoms with van der Waals surface area (Å²) in [7, 11) is 1.69. The van der Waals surface area contributed by atoms with Gasteiger partial charge in [-0.25, -0.2) is 4.98 Å². The van der Waals surface area contributed by atoms with Crippen molar-refractivity contribution in [1.29, 1.82) is 0 Å². The second kappa shape index (κ2) is 6.34. The summed E-state index contributed by atoms with van der Waals surface area (Å²) in [4.78, 5) is 43.3. The normalized spacial score (nSPS) is 11.0. The van der Waals surface area contributed by atoms with Crippen molar-refractivity contribution in [2.24, 2.45) is 7.05 Å². The largest absolute Gasteiger partial charge is 0.350 e. The Morgan fingerprint density at radius 1 is 1.32 bits per heavy atom. The highest BCUT2D eigenvalue weighted by Crippen LogP contribution is 2.04. The summed E-state index contributed by atoms with van der Waals surface area (Å²) in [6.45, 7) is 3.52. The van der Waals surface area contributed by atoms with E-state index in [-0.39, 0.29) is 30.1 Å². The maximum atomic E-state index is 12.3.